The maximum Gasteiger partial charge on any atom is 0.342 e. The third-order valence-electron chi connectivity index (χ3n) is 3.34. The summed E-state index contributed by atoms with van der Waals surface area (Å²) in [6.07, 6.45) is -0.979. The third kappa shape index (κ3) is 4.04. The Kier molecular flexibility index (Phi) is 5.78. The van der Waals surface area contributed by atoms with Gasteiger partial charge >= 0.3 is 5.97 Å². The quantitative estimate of drug-likeness (QED) is 0.825. The topological polar surface area (TPSA) is 73.9 Å². The first-order valence-electron chi connectivity index (χ1n) is 7.34. The predicted molar refractivity (Wildman–Crippen MR) is 89.5 cm³/mol. The number of rotatable bonds is 6. The van der Waals surface area contributed by atoms with Gasteiger partial charge in [0.25, 0.3) is 5.91 Å². The summed E-state index contributed by atoms with van der Waals surface area (Å²) in [5.41, 5.74) is 0.766. The van der Waals surface area contributed by atoms with E-state index in [-0.39, 0.29) is 5.56 Å². The Labute approximate surface area is 140 Å². The molecule has 0 saturated heterocycles. The third-order valence-corrected chi connectivity index (χ3v) is 3.34. The molecule has 2 aromatic carbocycles. The van der Waals surface area contributed by atoms with Crippen molar-refractivity contribution in [2.75, 3.05) is 19.5 Å². The molecule has 0 bridgehead atoms. The van der Waals surface area contributed by atoms with E-state index in [2.05, 4.69) is 5.32 Å². The lowest BCUT2D eigenvalue weighted by atomic mass is 10.2. The van der Waals surface area contributed by atoms with Gasteiger partial charge in [-0.25, -0.2) is 4.79 Å². The number of nitrogens with one attached hydrogen (secondary N) is 1. The van der Waals surface area contributed by atoms with Crippen molar-refractivity contribution in [2.24, 2.45) is 0 Å². The molecule has 24 heavy (non-hydrogen) atoms. The number of amides is 1. The Morgan fingerprint density at radius 2 is 1.50 bits per heavy atom. The van der Waals surface area contributed by atoms with Crippen LogP contribution >= 0.6 is 0 Å². The van der Waals surface area contributed by atoms with Gasteiger partial charge in [0.1, 0.15) is 17.1 Å². The number of benzene rings is 2. The number of hydrogen-bond donors (Lipinski definition) is 1. The Morgan fingerprint density at radius 3 is 2.17 bits per heavy atom. The fourth-order valence-electron chi connectivity index (χ4n) is 2.07. The molecular formula is C18H19NO5. The van der Waals surface area contributed by atoms with E-state index in [1.165, 1.54) is 21.1 Å². The lowest BCUT2D eigenvalue weighted by molar-refractivity contribution is -0.123. The second kappa shape index (κ2) is 8.01. The lowest BCUT2D eigenvalue weighted by Gasteiger charge is -2.16. The summed E-state index contributed by atoms with van der Waals surface area (Å²) in [6.45, 7) is 1.50. The van der Waals surface area contributed by atoms with E-state index in [0.717, 1.165) is 0 Å². The van der Waals surface area contributed by atoms with E-state index in [0.29, 0.717) is 17.2 Å². The van der Waals surface area contributed by atoms with Gasteiger partial charge in [-0.2, -0.15) is 0 Å². The van der Waals surface area contributed by atoms with Crippen LogP contribution in [0.15, 0.2) is 48.5 Å². The number of ether oxygens (including phenoxy) is 3. The molecule has 0 heterocycles. The highest BCUT2D eigenvalue weighted by molar-refractivity contribution is 5.99. The van der Waals surface area contributed by atoms with Crippen LogP contribution < -0.4 is 14.8 Å². The molecule has 1 amide bonds. The zero-order valence-corrected chi connectivity index (χ0v) is 13.7. The van der Waals surface area contributed by atoms with Crippen LogP contribution in [0.25, 0.3) is 0 Å². The summed E-state index contributed by atoms with van der Waals surface area (Å²) in [7, 11) is 2.97. The first-order chi connectivity index (χ1) is 11.6. The molecule has 1 N–H and O–H groups in total. The van der Waals surface area contributed by atoms with Crippen LogP contribution in [0.4, 0.5) is 5.69 Å². The van der Waals surface area contributed by atoms with Gasteiger partial charge in [0.05, 0.1) is 19.9 Å². The van der Waals surface area contributed by atoms with E-state index in [4.69, 9.17) is 14.2 Å². The van der Waals surface area contributed by atoms with Crippen LogP contribution in [-0.2, 0) is 9.53 Å². The van der Waals surface area contributed by atoms with Crippen LogP contribution in [-0.4, -0.2) is 32.2 Å². The molecule has 0 aliphatic heterocycles. The zero-order valence-electron chi connectivity index (χ0n) is 13.7. The zero-order chi connectivity index (χ0) is 17.5. The molecule has 6 nitrogen and oxygen atoms in total. The van der Waals surface area contributed by atoms with Gasteiger partial charge in [-0.15, -0.1) is 0 Å². The number of methoxy groups -OCH3 is 2. The second-order valence-corrected chi connectivity index (χ2v) is 4.94. The SMILES string of the molecule is COc1ccccc1NC(=O)[C@@H](C)OC(=O)c1ccccc1OC. The number of esters is 1. The molecule has 0 aliphatic rings. The molecule has 2 rings (SSSR count). The monoisotopic (exact) mass is 329 g/mol. The highest BCUT2D eigenvalue weighted by Gasteiger charge is 2.21. The highest BCUT2D eigenvalue weighted by Crippen LogP contribution is 2.23. The Bertz CT molecular complexity index is 729. The number of carbonyl (C=O) groups is 2. The van der Waals surface area contributed by atoms with Crippen molar-refractivity contribution in [3.05, 3.63) is 54.1 Å². The van der Waals surface area contributed by atoms with Crippen molar-refractivity contribution in [2.45, 2.75) is 13.0 Å². The number of carbonyl (C=O) groups excluding carboxylic acids is 2. The maximum atomic E-state index is 12.2. The summed E-state index contributed by atoms with van der Waals surface area (Å²) in [5, 5.41) is 2.67. The molecule has 0 aromatic heterocycles. The maximum absolute atomic E-state index is 12.2. The molecule has 0 spiro atoms. The van der Waals surface area contributed by atoms with E-state index >= 15 is 0 Å². The van der Waals surface area contributed by atoms with Gasteiger partial charge in [0, 0.05) is 0 Å². The van der Waals surface area contributed by atoms with Gasteiger partial charge < -0.3 is 19.5 Å². The van der Waals surface area contributed by atoms with Crippen LogP contribution in [0.3, 0.4) is 0 Å². The Morgan fingerprint density at radius 1 is 0.917 bits per heavy atom. The molecule has 0 fully saturated rings. The fraction of sp³-hybridized carbons (Fsp3) is 0.222. The molecular weight excluding hydrogens is 310 g/mol. The van der Waals surface area contributed by atoms with Gasteiger partial charge in [-0.3, -0.25) is 4.79 Å². The summed E-state index contributed by atoms with van der Waals surface area (Å²) in [4.78, 5) is 24.4. The van der Waals surface area contributed by atoms with Crippen LogP contribution in [0.5, 0.6) is 11.5 Å². The van der Waals surface area contributed by atoms with Crippen LogP contribution in [0.2, 0.25) is 0 Å². The molecule has 126 valence electrons. The summed E-state index contributed by atoms with van der Waals surface area (Å²) < 4.78 is 15.5. The van der Waals surface area contributed by atoms with E-state index in [9.17, 15) is 9.59 Å². The van der Waals surface area contributed by atoms with Crippen molar-refractivity contribution in [3.63, 3.8) is 0 Å². The van der Waals surface area contributed by atoms with Gasteiger partial charge in [-0.05, 0) is 31.2 Å². The van der Waals surface area contributed by atoms with Crippen molar-refractivity contribution in [3.8, 4) is 11.5 Å². The minimum atomic E-state index is -0.979. The van der Waals surface area contributed by atoms with Gasteiger partial charge in [0.15, 0.2) is 6.10 Å². The Hall–Kier alpha value is -3.02. The number of hydrogen-bond acceptors (Lipinski definition) is 5. The number of anilines is 1. The first kappa shape index (κ1) is 17.3. The van der Waals surface area contributed by atoms with Crippen LogP contribution in [0.1, 0.15) is 17.3 Å². The van der Waals surface area contributed by atoms with Crippen LogP contribution in [0, 0.1) is 0 Å². The van der Waals surface area contributed by atoms with Crippen molar-refractivity contribution < 1.29 is 23.8 Å². The first-order valence-corrected chi connectivity index (χ1v) is 7.34. The van der Waals surface area contributed by atoms with E-state index in [1.807, 2.05) is 0 Å². The van der Waals surface area contributed by atoms with Crippen molar-refractivity contribution in [1.29, 1.82) is 0 Å². The summed E-state index contributed by atoms with van der Waals surface area (Å²) in [6, 6.07) is 13.6. The number of para-hydroxylation sites is 3. The fourth-order valence-corrected chi connectivity index (χ4v) is 2.07. The van der Waals surface area contributed by atoms with Gasteiger partial charge in [-0.1, -0.05) is 24.3 Å². The molecule has 0 saturated carbocycles. The Balaban J connectivity index is 2.05. The standard InChI is InChI=1S/C18H19NO5/c1-12(17(20)19-14-9-5-7-11-16(14)23-3)24-18(21)13-8-4-6-10-15(13)22-2/h4-12H,1-3H3,(H,19,20)/t12-/m1/s1. The average Bonchev–Trinajstić information content (AvgIpc) is 2.61. The lowest BCUT2D eigenvalue weighted by Crippen LogP contribution is -2.30. The average molecular weight is 329 g/mol. The molecule has 1 atom stereocenters. The second-order valence-electron chi connectivity index (χ2n) is 4.94. The van der Waals surface area contributed by atoms with E-state index in [1.54, 1.807) is 48.5 Å². The molecule has 0 aliphatic carbocycles. The molecule has 0 radical (unpaired) electrons. The summed E-state index contributed by atoms with van der Waals surface area (Å²) >= 11 is 0. The largest absolute Gasteiger partial charge is 0.496 e. The van der Waals surface area contributed by atoms with Gasteiger partial charge in [0.2, 0.25) is 0 Å². The minimum absolute atomic E-state index is 0.261. The molecule has 6 heteroatoms. The minimum Gasteiger partial charge on any atom is -0.496 e. The highest BCUT2D eigenvalue weighted by atomic mass is 16.5. The predicted octanol–water partition coefficient (Wildman–Crippen LogP) is 2.89. The van der Waals surface area contributed by atoms with Crippen molar-refractivity contribution >= 4 is 17.6 Å². The van der Waals surface area contributed by atoms with Crippen molar-refractivity contribution in [1.82, 2.24) is 0 Å². The van der Waals surface area contributed by atoms with E-state index < -0.39 is 18.0 Å². The molecule has 0 unspecified atom stereocenters. The normalized spacial score (nSPS) is 11.3. The molecule has 2 aromatic rings. The smallest absolute Gasteiger partial charge is 0.342 e. The summed E-state index contributed by atoms with van der Waals surface area (Å²) in [5.74, 6) is -0.174.